The molecule has 0 spiro atoms. The van der Waals surface area contributed by atoms with E-state index in [1.54, 1.807) is 0 Å². The average Bonchev–Trinajstić information content (AvgIpc) is 2.77. The van der Waals surface area contributed by atoms with E-state index in [0.29, 0.717) is 0 Å². The van der Waals surface area contributed by atoms with Crippen molar-refractivity contribution in [1.29, 1.82) is 0 Å². The molecule has 1 saturated carbocycles. The summed E-state index contributed by atoms with van der Waals surface area (Å²) in [6, 6.07) is 9.28. The molecule has 3 heteroatoms. The minimum absolute atomic E-state index is 0.745. The highest BCUT2D eigenvalue weighted by molar-refractivity contribution is 9.10. The van der Waals surface area contributed by atoms with E-state index in [9.17, 15) is 0 Å². The van der Waals surface area contributed by atoms with E-state index >= 15 is 0 Å². The summed E-state index contributed by atoms with van der Waals surface area (Å²) in [5.41, 5.74) is 0. The van der Waals surface area contributed by atoms with Crippen LogP contribution in [0.3, 0.4) is 0 Å². The molecule has 1 aromatic carbocycles. The van der Waals surface area contributed by atoms with Crippen molar-refractivity contribution in [2.75, 3.05) is 6.54 Å². The fraction of sp³-hybridized carbons (Fsp3) is 0.571. The summed E-state index contributed by atoms with van der Waals surface area (Å²) in [4.78, 5) is 1.38. The lowest BCUT2D eigenvalue weighted by Crippen LogP contribution is -2.27. The predicted octanol–water partition coefficient (Wildman–Crippen LogP) is 4.46. The second kappa shape index (κ2) is 6.81. The molecule has 0 heterocycles. The van der Waals surface area contributed by atoms with Gasteiger partial charge in [0.2, 0.25) is 0 Å². The summed E-state index contributed by atoms with van der Waals surface area (Å²) < 4.78 is 1.23. The Morgan fingerprint density at radius 3 is 2.94 bits per heavy atom. The molecule has 1 aliphatic rings. The third-order valence-corrected chi connectivity index (χ3v) is 5.52. The Bertz CT molecular complexity index is 356. The molecular weight excluding hydrogens is 294 g/mol. The Morgan fingerprint density at radius 2 is 2.18 bits per heavy atom. The van der Waals surface area contributed by atoms with Gasteiger partial charge in [-0.3, -0.25) is 0 Å². The van der Waals surface area contributed by atoms with Gasteiger partial charge in [-0.05, 0) is 60.3 Å². The van der Waals surface area contributed by atoms with Crippen LogP contribution in [0, 0.1) is 0 Å². The van der Waals surface area contributed by atoms with Crippen LogP contribution in [-0.2, 0) is 0 Å². The number of rotatable bonds is 5. The maximum absolute atomic E-state index is 3.64. The first-order valence-electron chi connectivity index (χ1n) is 6.44. The van der Waals surface area contributed by atoms with Crippen molar-refractivity contribution in [3.63, 3.8) is 0 Å². The van der Waals surface area contributed by atoms with Gasteiger partial charge in [0.25, 0.3) is 0 Å². The van der Waals surface area contributed by atoms with E-state index in [1.807, 2.05) is 11.8 Å². The third-order valence-electron chi connectivity index (χ3n) is 3.20. The Labute approximate surface area is 117 Å². The largest absolute Gasteiger partial charge is 0.314 e. The monoisotopic (exact) mass is 313 g/mol. The van der Waals surface area contributed by atoms with Gasteiger partial charge in [-0.25, -0.2) is 0 Å². The van der Waals surface area contributed by atoms with E-state index < -0.39 is 0 Å². The highest BCUT2D eigenvalue weighted by Gasteiger charge is 2.25. The summed E-state index contributed by atoms with van der Waals surface area (Å²) >= 11 is 5.65. The highest BCUT2D eigenvalue weighted by atomic mass is 79.9. The van der Waals surface area contributed by atoms with E-state index in [0.717, 1.165) is 17.8 Å². The van der Waals surface area contributed by atoms with Gasteiger partial charge >= 0.3 is 0 Å². The molecule has 0 aromatic heterocycles. The van der Waals surface area contributed by atoms with Gasteiger partial charge in [-0.1, -0.05) is 19.1 Å². The highest BCUT2D eigenvalue weighted by Crippen LogP contribution is 2.37. The van der Waals surface area contributed by atoms with Crippen LogP contribution >= 0.6 is 27.7 Å². The maximum atomic E-state index is 3.64. The number of benzene rings is 1. The molecule has 1 aromatic rings. The zero-order chi connectivity index (χ0) is 12.1. The van der Waals surface area contributed by atoms with Crippen LogP contribution in [0.15, 0.2) is 33.6 Å². The molecular formula is C14H20BrNS. The third kappa shape index (κ3) is 4.01. The Balaban J connectivity index is 1.83. The lowest BCUT2D eigenvalue weighted by molar-refractivity contribution is 0.524. The SMILES string of the molecule is CCCNC1CCC(Sc2ccccc2Br)C1. The van der Waals surface area contributed by atoms with Crippen LogP contribution in [0.1, 0.15) is 32.6 Å². The van der Waals surface area contributed by atoms with Gasteiger partial charge in [0.05, 0.1) is 0 Å². The molecule has 0 aliphatic heterocycles. The first kappa shape index (κ1) is 13.4. The average molecular weight is 314 g/mol. The van der Waals surface area contributed by atoms with E-state index in [4.69, 9.17) is 0 Å². The smallest absolute Gasteiger partial charge is 0.0311 e. The fourth-order valence-corrected chi connectivity index (χ4v) is 4.15. The molecule has 1 aliphatic carbocycles. The number of nitrogens with one attached hydrogen (secondary N) is 1. The summed E-state index contributed by atoms with van der Waals surface area (Å²) in [6.45, 7) is 3.40. The molecule has 1 N–H and O–H groups in total. The molecule has 2 unspecified atom stereocenters. The summed E-state index contributed by atoms with van der Waals surface area (Å²) in [7, 11) is 0. The zero-order valence-corrected chi connectivity index (χ0v) is 12.7. The molecule has 0 radical (unpaired) electrons. The normalized spacial score (nSPS) is 24.1. The van der Waals surface area contributed by atoms with Gasteiger partial charge < -0.3 is 5.32 Å². The van der Waals surface area contributed by atoms with Gasteiger partial charge in [-0.15, -0.1) is 11.8 Å². The number of thioether (sulfide) groups is 1. The van der Waals surface area contributed by atoms with Crippen molar-refractivity contribution in [3.05, 3.63) is 28.7 Å². The molecule has 0 saturated heterocycles. The van der Waals surface area contributed by atoms with Crippen LogP contribution in [0.25, 0.3) is 0 Å². The molecule has 1 nitrogen and oxygen atoms in total. The predicted molar refractivity (Wildman–Crippen MR) is 79.7 cm³/mol. The zero-order valence-electron chi connectivity index (χ0n) is 10.3. The Morgan fingerprint density at radius 1 is 1.35 bits per heavy atom. The molecule has 2 rings (SSSR count). The molecule has 0 bridgehead atoms. The van der Waals surface area contributed by atoms with Crippen LogP contribution in [0.5, 0.6) is 0 Å². The van der Waals surface area contributed by atoms with Gasteiger partial charge in [0.15, 0.2) is 0 Å². The first-order chi connectivity index (χ1) is 8.29. The maximum Gasteiger partial charge on any atom is 0.0311 e. The van der Waals surface area contributed by atoms with E-state index in [-0.39, 0.29) is 0 Å². The number of hydrogen-bond acceptors (Lipinski definition) is 2. The number of hydrogen-bond donors (Lipinski definition) is 1. The van der Waals surface area contributed by atoms with Crippen molar-refractivity contribution in [1.82, 2.24) is 5.32 Å². The van der Waals surface area contributed by atoms with E-state index in [2.05, 4.69) is 52.4 Å². The lowest BCUT2D eigenvalue weighted by Gasteiger charge is -2.13. The summed E-state index contributed by atoms with van der Waals surface area (Å²) in [5, 5.41) is 4.42. The van der Waals surface area contributed by atoms with Crippen molar-refractivity contribution >= 4 is 27.7 Å². The standard InChI is InChI=1S/C14H20BrNS/c1-2-9-16-11-7-8-12(10-11)17-14-6-4-3-5-13(14)15/h3-6,11-12,16H,2,7-10H2,1H3. The second-order valence-electron chi connectivity index (χ2n) is 4.63. The quantitative estimate of drug-likeness (QED) is 0.861. The first-order valence-corrected chi connectivity index (χ1v) is 8.11. The van der Waals surface area contributed by atoms with Crippen LogP contribution < -0.4 is 5.32 Å². The lowest BCUT2D eigenvalue weighted by atomic mass is 10.2. The molecule has 94 valence electrons. The summed E-state index contributed by atoms with van der Waals surface area (Å²) in [5.74, 6) is 0. The summed E-state index contributed by atoms with van der Waals surface area (Å²) in [6.07, 6.45) is 5.22. The van der Waals surface area contributed by atoms with Crippen molar-refractivity contribution in [2.24, 2.45) is 0 Å². The van der Waals surface area contributed by atoms with Crippen LogP contribution in [0.4, 0.5) is 0 Å². The van der Waals surface area contributed by atoms with Gasteiger partial charge in [-0.2, -0.15) is 0 Å². The number of halogens is 1. The van der Waals surface area contributed by atoms with Crippen molar-refractivity contribution in [2.45, 2.75) is 48.8 Å². The van der Waals surface area contributed by atoms with Crippen LogP contribution in [0.2, 0.25) is 0 Å². The van der Waals surface area contributed by atoms with Crippen molar-refractivity contribution < 1.29 is 0 Å². The van der Waals surface area contributed by atoms with Gasteiger partial charge in [0, 0.05) is 20.7 Å². The fourth-order valence-electron chi connectivity index (χ4n) is 2.30. The van der Waals surface area contributed by atoms with Crippen LogP contribution in [-0.4, -0.2) is 17.8 Å². The molecule has 1 fully saturated rings. The second-order valence-corrected chi connectivity index (χ2v) is 6.83. The van der Waals surface area contributed by atoms with Gasteiger partial charge in [0.1, 0.15) is 0 Å². The van der Waals surface area contributed by atoms with Crippen molar-refractivity contribution in [3.8, 4) is 0 Å². The molecule has 0 amide bonds. The van der Waals surface area contributed by atoms with E-state index in [1.165, 1.54) is 35.1 Å². The molecule has 2 atom stereocenters. The minimum atomic E-state index is 0.745. The Hall–Kier alpha value is 0.01000. The molecule has 17 heavy (non-hydrogen) atoms. The topological polar surface area (TPSA) is 12.0 Å². The Kier molecular flexibility index (Phi) is 5.39. The minimum Gasteiger partial charge on any atom is -0.314 e.